The van der Waals surface area contributed by atoms with Crippen LogP contribution in [0.3, 0.4) is 0 Å². The first-order valence-electron chi connectivity index (χ1n) is 9.21. The highest BCUT2D eigenvalue weighted by atomic mass is 19.1. The Morgan fingerprint density at radius 2 is 2.00 bits per heavy atom. The molecule has 0 radical (unpaired) electrons. The molecule has 0 N–H and O–H groups in total. The Morgan fingerprint density at radius 3 is 2.85 bits per heavy atom. The molecule has 0 bridgehead atoms. The second-order valence-electron chi connectivity index (χ2n) is 7.07. The Labute approximate surface area is 153 Å². The molecule has 1 saturated heterocycles. The third-order valence-electron chi connectivity index (χ3n) is 4.99. The number of benzene rings is 2. The Balaban J connectivity index is 1.62. The molecule has 1 fully saturated rings. The molecular formula is C22H23FN2O. The normalized spacial score (nSPS) is 17.5. The lowest BCUT2D eigenvalue weighted by Crippen LogP contribution is -2.34. The van der Waals surface area contributed by atoms with Crippen molar-refractivity contribution in [2.45, 2.75) is 26.4 Å². The van der Waals surface area contributed by atoms with Crippen LogP contribution in [-0.2, 0) is 6.61 Å². The lowest BCUT2D eigenvalue weighted by atomic mass is 10.0. The summed E-state index contributed by atoms with van der Waals surface area (Å²) in [6, 6.07) is 16.8. The predicted molar refractivity (Wildman–Crippen MR) is 103 cm³/mol. The van der Waals surface area contributed by atoms with Crippen LogP contribution in [-0.4, -0.2) is 18.1 Å². The van der Waals surface area contributed by atoms with Crippen molar-refractivity contribution >= 4 is 16.7 Å². The van der Waals surface area contributed by atoms with Gasteiger partial charge in [0.2, 0.25) is 0 Å². The van der Waals surface area contributed by atoms with E-state index < -0.39 is 0 Å². The third-order valence-corrected chi connectivity index (χ3v) is 4.99. The maximum absolute atomic E-state index is 13.8. The maximum atomic E-state index is 13.8. The third kappa shape index (κ3) is 3.50. The van der Waals surface area contributed by atoms with Gasteiger partial charge in [-0.05, 0) is 43.0 Å². The first-order chi connectivity index (χ1) is 12.7. The fraction of sp³-hybridized carbons (Fsp3) is 0.318. The van der Waals surface area contributed by atoms with Gasteiger partial charge in [-0.25, -0.2) is 9.37 Å². The molecule has 0 saturated carbocycles. The molecule has 2 aromatic carbocycles. The molecule has 1 atom stereocenters. The Morgan fingerprint density at radius 1 is 1.12 bits per heavy atom. The number of para-hydroxylation sites is 1. The van der Waals surface area contributed by atoms with Crippen LogP contribution in [0.5, 0.6) is 5.75 Å². The van der Waals surface area contributed by atoms with Gasteiger partial charge < -0.3 is 9.64 Å². The second kappa shape index (κ2) is 7.32. The Bertz CT molecular complexity index is 912. The van der Waals surface area contributed by atoms with Crippen molar-refractivity contribution in [1.29, 1.82) is 0 Å². The summed E-state index contributed by atoms with van der Waals surface area (Å²) in [5, 5.41) is 1.03. The largest absolute Gasteiger partial charge is 0.487 e. The van der Waals surface area contributed by atoms with Crippen molar-refractivity contribution in [3.05, 3.63) is 66.0 Å². The molecule has 4 rings (SSSR count). The predicted octanol–water partition coefficient (Wildman–Crippen LogP) is 5.19. The van der Waals surface area contributed by atoms with Gasteiger partial charge in [-0.15, -0.1) is 0 Å². The molecular weight excluding hydrogens is 327 g/mol. The minimum Gasteiger partial charge on any atom is -0.487 e. The maximum Gasteiger partial charge on any atom is 0.146 e. The molecule has 1 aromatic heterocycles. The van der Waals surface area contributed by atoms with Crippen molar-refractivity contribution < 1.29 is 9.13 Å². The zero-order valence-electron chi connectivity index (χ0n) is 15.0. The molecule has 1 unspecified atom stereocenters. The van der Waals surface area contributed by atoms with E-state index in [9.17, 15) is 4.39 Å². The van der Waals surface area contributed by atoms with Gasteiger partial charge in [-0.1, -0.05) is 37.3 Å². The van der Waals surface area contributed by atoms with Gasteiger partial charge in [0, 0.05) is 24.0 Å². The molecule has 0 amide bonds. The van der Waals surface area contributed by atoms with Gasteiger partial charge in [0.1, 0.15) is 29.5 Å². The van der Waals surface area contributed by atoms with Crippen LogP contribution in [0, 0.1) is 11.7 Å². The van der Waals surface area contributed by atoms with E-state index in [1.165, 1.54) is 18.9 Å². The highest BCUT2D eigenvalue weighted by Crippen LogP contribution is 2.29. The smallest absolute Gasteiger partial charge is 0.146 e. The van der Waals surface area contributed by atoms with Crippen LogP contribution in [0.1, 0.15) is 25.3 Å². The van der Waals surface area contributed by atoms with E-state index in [-0.39, 0.29) is 12.4 Å². The van der Waals surface area contributed by atoms with Crippen molar-refractivity contribution in [3.63, 3.8) is 0 Å². The molecule has 1 aliphatic rings. The van der Waals surface area contributed by atoms with Crippen molar-refractivity contribution in [1.82, 2.24) is 4.98 Å². The van der Waals surface area contributed by atoms with E-state index in [2.05, 4.69) is 24.0 Å². The molecule has 134 valence electrons. The number of aromatic nitrogens is 1. The molecule has 4 heteroatoms. The number of piperidine rings is 1. The summed E-state index contributed by atoms with van der Waals surface area (Å²) in [7, 11) is 0. The average Bonchev–Trinajstić information content (AvgIpc) is 2.67. The van der Waals surface area contributed by atoms with Gasteiger partial charge in [0.05, 0.1) is 0 Å². The monoisotopic (exact) mass is 350 g/mol. The number of hydrogen-bond acceptors (Lipinski definition) is 3. The molecule has 3 nitrogen and oxygen atoms in total. The topological polar surface area (TPSA) is 25.4 Å². The second-order valence-corrected chi connectivity index (χ2v) is 7.07. The van der Waals surface area contributed by atoms with E-state index >= 15 is 0 Å². The summed E-state index contributed by atoms with van der Waals surface area (Å²) in [4.78, 5) is 7.22. The minimum absolute atomic E-state index is 0.193. The van der Waals surface area contributed by atoms with E-state index in [0.717, 1.165) is 29.8 Å². The first kappa shape index (κ1) is 16.8. The van der Waals surface area contributed by atoms with E-state index in [1.807, 2.05) is 24.3 Å². The van der Waals surface area contributed by atoms with Crippen LogP contribution in [0.2, 0.25) is 0 Å². The van der Waals surface area contributed by atoms with Crippen LogP contribution in [0.4, 0.5) is 10.2 Å². The summed E-state index contributed by atoms with van der Waals surface area (Å²) in [5.74, 6) is 2.13. The summed E-state index contributed by atoms with van der Waals surface area (Å²) < 4.78 is 19.8. The lowest BCUT2D eigenvalue weighted by molar-refractivity contribution is 0.303. The van der Waals surface area contributed by atoms with Crippen LogP contribution in [0.25, 0.3) is 10.9 Å². The van der Waals surface area contributed by atoms with Gasteiger partial charge in [-0.2, -0.15) is 0 Å². The number of anilines is 1. The Kier molecular flexibility index (Phi) is 4.74. The molecule has 3 aromatic rings. The number of pyridine rings is 1. The zero-order chi connectivity index (χ0) is 17.9. The summed E-state index contributed by atoms with van der Waals surface area (Å²) in [6.07, 6.45) is 2.48. The molecule has 0 spiro atoms. The fourth-order valence-corrected chi connectivity index (χ4v) is 3.57. The van der Waals surface area contributed by atoms with Gasteiger partial charge in [-0.3, -0.25) is 0 Å². The van der Waals surface area contributed by atoms with Crippen LogP contribution >= 0.6 is 0 Å². The lowest BCUT2D eigenvalue weighted by Gasteiger charge is -2.32. The number of nitrogens with zero attached hydrogens (tertiary/aromatic N) is 2. The van der Waals surface area contributed by atoms with E-state index in [1.54, 1.807) is 12.1 Å². The zero-order valence-corrected chi connectivity index (χ0v) is 15.0. The molecule has 1 aliphatic heterocycles. The Hall–Kier alpha value is -2.62. The van der Waals surface area contributed by atoms with Gasteiger partial charge in [0.25, 0.3) is 0 Å². The summed E-state index contributed by atoms with van der Waals surface area (Å²) in [5.41, 5.74) is 1.38. The highest BCUT2D eigenvalue weighted by molar-refractivity contribution is 5.86. The summed E-state index contributed by atoms with van der Waals surface area (Å²) >= 11 is 0. The van der Waals surface area contributed by atoms with Gasteiger partial charge in [0.15, 0.2) is 0 Å². The molecule has 26 heavy (non-hydrogen) atoms. The fourth-order valence-electron chi connectivity index (χ4n) is 3.57. The molecule has 2 heterocycles. The standard InChI is InChI=1S/C22H23FN2O/c1-16-6-5-13-25(14-16)21-12-11-17-8-4-10-20(22(17)24-21)26-15-18-7-2-3-9-19(18)23/h2-4,7-12,16H,5-6,13-15H2,1H3. The quantitative estimate of drug-likeness (QED) is 0.647. The first-order valence-corrected chi connectivity index (χ1v) is 9.21. The number of halogens is 1. The number of hydrogen-bond donors (Lipinski definition) is 0. The number of rotatable bonds is 4. The van der Waals surface area contributed by atoms with Gasteiger partial charge >= 0.3 is 0 Å². The van der Waals surface area contributed by atoms with E-state index in [4.69, 9.17) is 9.72 Å². The van der Waals surface area contributed by atoms with E-state index in [0.29, 0.717) is 17.2 Å². The van der Waals surface area contributed by atoms with Crippen LogP contribution in [0.15, 0.2) is 54.6 Å². The minimum atomic E-state index is -0.247. The highest BCUT2D eigenvalue weighted by Gasteiger charge is 2.18. The van der Waals surface area contributed by atoms with Crippen molar-refractivity contribution in [2.24, 2.45) is 5.92 Å². The summed E-state index contributed by atoms with van der Waals surface area (Å²) in [6.45, 7) is 4.56. The number of ether oxygens (including phenoxy) is 1. The van der Waals surface area contributed by atoms with Crippen molar-refractivity contribution in [3.8, 4) is 5.75 Å². The number of fused-ring (bicyclic) bond motifs is 1. The SMILES string of the molecule is CC1CCCN(c2ccc3cccc(OCc4ccccc4F)c3n2)C1. The van der Waals surface area contributed by atoms with Crippen molar-refractivity contribution in [2.75, 3.05) is 18.0 Å². The average molecular weight is 350 g/mol. The van der Waals surface area contributed by atoms with Crippen LogP contribution < -0.4 is 9.64 Å². The molecule has 0 aliphatic carbocycles.